The lowest BCUT2D eigenvalue weighted by Gasteiger charge is -2.28. The summed E-state index contributed by atoms with van der Waals surface area (Å²) in [6.07, 6.45) is 0. The number of nitrogens with one attached hydrogen (secondary N) is 1. The molecule has 0 heterocycles. The van der Waals surface area contributed by atoms with Crippen LogP contribution < -0.4 is 10.1 Å². The molecule has 2 aromatic rings. The number of thiocarbonyl (C=S) groups is 1. The molecule has 0 amide bonds. The van der Waals surface area contributed by atoms with Gasteiger partial charge in [-0.2, -0.15) is 8.78 Å². The van der Waals surface area contributed by atoms with E-state index < -0.39 is 11.5 Å². The fourth-order valence-corrected chi connectivity index (χ4v) is 2.51. The second-order valence-electron chi connectivity index (χ2n) is 5.47. The number of nitro groups is 1. The average molecular weight is 381 g/mol. The van der Waals surface area contributed by atoms with Gasteiger partial charge in [-0.1, -0.05) is 12.1 Å². The summed E-state index contributed by atoms with van der Waals surface area (Å²) >= 11 is 5.35. The van der Waals surface area contributed by atoms with Gasteiger partial charge in [-0.25, -0.2) is 0 Å². The number of hydrogen-bond acceptors (Lipinski definition) is 4. The summed E-state index contributed by atoms with van der Waals surface area (Å²) in [4.78, 5) is 12.2. The molecule has 0 aliphatic heterocycles. The Labute approximate surface area is 154 Å². The Kier molecular flexibility index (Phi) is 6.40. The summed E-state index contributed by atoms with van der Waals surface area (Å²) in [6, 6.07) is 12.1. The molecule has 0 unspecified atom stereocenters. The van der Waals surface area contributed by atoms with E-state index in [9.17, 15) is 18.9 Å². The van der Waals surface area contributed by atoms with Crippen molar-refractivity contribution in [3.05, 3.63) is 64.2 Å². The number of halogens is 2. The van der Waals surface area contributed by atoms with Crippen LogP contribution in [0, 0.1) is 10.1 Å². The van der Waals surface area contributed by atoms with Crippen LogP contribution in [0.3, 0.4) is 0 Å². The van der Waals surface area contributed by atoms with Crippen molar-refractivity contribution in [2.45, 2.75) is 19.6 Å². The second-order valence-corrected chi connectivity index (χ2v) is 5.86. The van der Waals surface area contributed by atoms with Crippen molar-refractivity contribution in [3.8, 4) is 5.75 Å². The molecule has 1 atom stereocenters. The maximum Gasteiger partial charge on any atom is 0.387 e. The van der Waals surface area contributed by atoms with E-state index in [1.165, 1.54) is 24.3 Å². The Morgan fingerprint density at radius 1 is 1.27 bits per heavy atom. The van der Waals surface area contributed by atoms with Gasteiger partial charge in [-0.3, -0.25) is 10.1 Å². The van der Waals surface area contributed by atoms with Crippen molar-refractivity contribution < 1.29 is 18.4 Å². The number of hydrogen-bond donors (Lipinski definition) is 1. The van der Waals surface area contributed by atoms with Crippen LogP contribution in [-0.4, -0.2) is 28.6 Å². The van der Waals surface area contributed by atoms with E-state index in [0.717, 1.165) is 5.56 Å². The first-order chi connectivity index (χ1) is 12.3. The molecule has 0 spiro atoms. The molecular formula is C17H17F2N3O3S. The van der Waals surface area contributed by atoms with Crippen molar-refractivity contribution in [1.29, 1.82) is 0 Å². The Morgan fingerprint density at radius 3 is 2.50 bits per heavy atom. The fraction of sp³-hybridized carbons (Fsp3) is 0.235. The third-order valence-corrected chi connectivity index (χ3v) is 4.19. The lowest BCUT2D eigenvalue weighted by Crippen LogP contribution is -2.33. The summed E-state index contributed by atoms with van der Waals surface area (Å²) in [5.74, 6) is 0.0507. The molecular weight excluding hydrogens is 364 g/mol. The highest BCUT2D eigenvalue weighted by atomic mass is 32.1. The zero-order chi connectivity index (χ0) is 19.3. The molecule has 2 rings (SSSR count). The van der Waals surface area contributed by atoms with E-state index in [1.807, 2.05) is 6.92 Å². The first-order valence-corrected chi connectivity index (χ1v) is 8.02. The molecule has 0 radical (unpaired) electrons. The average Bonchev–Trinajstić information content (AvgIpc) is 2.61. The minimum absolute atomic E-state index is 0.0104. The molecule has 0 saturated heterocycles. The minimum Gasteiger partial charge on any atom is -0.435 e. The van der Waals surface area contributed by atoms with Gasteiger partial charge in [0.05, 0.1) is 11.0 Å². The van der Waals surface area contributed by atoms with Gasteiger partial charge in [0.25, 0.3) is 5.69 Å². The molecule has 0 fully saturated rings. The minimum atomic E-state index is -2.88. The van der Waals surface area contributed by atoms with Gasteiger partial charge < -0.3 is 15.0 Å². The number of benzene rings is 2. The zero-order valence-corrected chi connectivity index (χ0v) is 14.9. The number of anilines is 1. The quantitative estimate of drug-likeness (QED) is 0.449. The summed E-state index contributed by atoms with van der Waals surface area (Å²) in [6.45, 7) is -1.01. The number of alkyl halides is 2. The maximum atomic E-state index is 12.2. The van der Waals surface area contributed by atoms with Crippen LogP contribution in [0.2, 0.25) is 0 Å². The van der Waals surface area contributed by atoms with Gasteiger partial charge in [0.15, 0.2) is 5.11 Å². The molecule has 138 valence electrons. The van der Waals surface area contributed by atoms with E-state index in [0.29, 0.717) is 10.8 Å². The third kappa shape index (κ3) is 5.09. The van der Waals surface area contributed by atoms with Gasteiger partial charge >= 0.3 is 6.61 Å². The van der Waals surface area contributed by atoms with Gasteiger partial charge in [0, 0.05) is 24.9 Å². The number of non-ortho nitro benzene ring substituents is 1. The van der Waals surface area contributed by atoms with E-state index in [2.05, 4.69) is 10.1 Å². The number of nitrogens with zero attached hydrogens (tertiary/aromatic N) is 2. The predicted molar refractivity (Wildman–Crippen MR) is 98.6 cm³/mol. The van der Waals surface area contributed by atoms with Crippen LogP contribution in [0.15, 0.2) is 48.5 Å². The van der Waals surface area contributed by atoms with Crippen LogP contribution in [0.1, 0.15) is 18.5 Å². The van der Waals surface area contributed by atoms with Crippen LogP contribution in [0.5, 0.6) is 5.75 Å². The van der Waals surface area contributed by atoms with Crippen LogP contribution in [0.25, 0.3) is 0 Å². The molecule has 0 saturated carbocycles. The molecule has 2 aromatic carbocycles. The highest BCUT2D eigenvalue weighted by Crippen LogP contribution is 2.24. The Bertz CT molecular complexity index is 787. The topological polar surface area (TPSA) is 67.6 Å². The Morgan fingerprint density at radius 2 is 1.92 bits per heavy atom. The zero-order valence-electron chi connectivity index (χ0n) is 14.1. The van der Waals surface area contributed by atoms with Gasteiger partial charge in [0.2, 0.25) is 0 Å². The molecule has 1 N–H and O–H groups in total. The molecule has 0 aliphatic rings. The normalized spacial score (nSPS) is 11.7. The SMILES string of the molecule is C[C@H](c1cccc([N+](=O)[O-])c1)N(C)C(=S)Nc1ccc(OC(F)F)cc1. The molecule has 6 nitrogen and oxygen atoms in total. The van der Waals surface area contributed by atoms with Crippen LogP contribution in [-0.2, 0) is 0 Å². The Balaban J connectivity index is 2.04. The molecule has 0 aliphatic carbocycles. The maximum absolute atomic E-state index is 12.2. The van der Waals surface area contributed by atoms with Crippen LogP contribution in [0.4, 0.5) is 20.2 Å². The lowest BCUT2D eigenvalue weighted by molar-refractivity contribution is -0.384. The van der Waals surface area contributed by atoms with Crippen molar-refractivity contribution in [2.24, 2.45) is 0 Å². The third-order valence-electron chi connectivity index (χ3n) is 3.80. The molecule has 0 bridgehead atoms. The summed E-state index contributed by atoms with van der Waals surface area (Å²) < 4.78 is 28.6. The molecule has 9 heteroatoms. The van der Waals surface area contributed by atoms with Gasteiger partial charge in [-0.05, 0) is 49.0 Å². The Hall–Kier alpha value is -2.81. The summed E-state index contributed by atoms with van der Waals surface area (Å²) in [5, 5.41) is 14.3. The summed E-state index contributed by atoms with van der Waals surface area (Å²) in [7, 11) is 1.76. The van der Waals surface area contributed by atoms with Crippen LogP contribution >= 0.6 is 12.2 Å². The van der Waals surface area contributed by atoms with E-state index in [1.54, 1.807) is 36.2 Å². The van der Waals surface area contributed by atoms with E-state index >= 15 is 0 Å². The number of ether oxygens (including phenoxy) is 1. The second kappa shape index (κ2) is 8.52. The van der Waals surface area contributed by atoms with Gasteiger partial charge in [0.1, 0.15) is 5.75 Å². The first kappa shape index (κ1) is 19.5. The van der Waals surface area contributed by atoms with E-state index in [-0.39, 0.29) is 17.5 Å². The van der Waals surface area contributed by atoms with Crippen molar-refractivity contribution in [2.75, 3.05) is 12.4 Å². The molecule has 26 heavy (non-hydrogen) atoms. The standard InChI is InChI=1S/C17H17F2N3O3S/c1-11(12-4-3-5-14(10-12)22(23)24)21(2)17(26)20-13-6-8-15(9-7-13)25-16(18)19/h3-11,16H,1-2H3,(H,20,26)/t11-/m1/s1. The monoisotopic (exact) mass is 381 g/mol. The predicted octanol–water partition coefficient (Wildman–Crippen LogP) is 4.59. The first-order valence-electron chi connectivity index (χ1n) is 7.61. The number of nitro benzene ring substituents is 1. The summed E-state index contributed by atoms with van der Waals surface area (Å²) in [5.41, 5.74) is 1.36. The fourth-order valence-electron chi connectivity index (χ4n) is 2.23. The highest BCUT2D eigenvalue weighted by molar-refractivity contribution is 7.80. The van der Waals surface area contributed by atoms with Gasteiger partial charge in [-0.15, -0.1) is 0 Å². The largest absolute Gasteiger partial charge is 0.435 e. The van der Waals surface area contributed by atoms with Crippen molar-refractivity contribution >= 4 is 28.7 Å². The van der Waals surface area contributed by atoms with Crippen molar-refractivity contribution in [1.82, 2.24) is 4.90 Å². The lowest BCUT2D eigenvalue weighted by atomic mass is 10.1. The smallest absolute Gasteiger partial charge is 0.387 e. The molecule has 0 aromatic heterocycles. The highest BCUT2D eigenvalue weighted by Gasteiger charge is 2.17. The van der Waals surface area contributed by atoms with Crippen molar-refractivity contribution in [3.63, 3.8) is 0 Å². The van der Waals surface area contributed by atoms with E-state index in [4.69, 9.17) is 12.2 Å². The number of rotatable bonds is 6.